The zero-order valence-corrected chi connectivity index (χ0v) is 7.30. The largest absolute Gasteiger partial charge is 0.306 e. The van der Waals surface area contributed by atoms with Crippen molar-refractivity contribution in [2.75, 3.05) is 0 Å². The van der Waals surface area contributed by atoms with Crippen LogP contribution in [0, 0.1) is 0 Å². The van der Waals surface area contributed by atoms with Gasteiger partial charge in [-0.15, -0.1) is 0 Å². The Hall–Kier alpha value is -1.08. The van der Waals surface area contributed by atoms with Gasteiger partial charge in [-0.1, -0.05) is 30.9 Å². The third kappa shape index (κ3) is 1.07. The Morgan fingerprint density at radius 1 is 1.58 bits per heavy atom. The maximum Gasteiger partial charge on any atom is 0.0298 e. The summed E-state index contributed by atoms with van der Waals surface area (Å²) in [6.45, 7) is 6.95. The number of nitrogens with one attached hydrogen (secondary N) is 1. The molecular weight excluding hydrogens is 146 g/mol. The van der Waals surface area contributed by atoms with Gasteiger partial charge in [-0.3, -0.25) is 0 Å². The van der Waals surface area contributed by atoms with Gasteiger partial charge < -0.3 is 5.32 Å². The maximum absolute atomic E-state index is 3.76. The van der Waals surface area contributed by atoms with Crippen LogP contribution in [0.2, 0.25) is 0 Å². The molecule has 12 heavy (non-hydrogen) atoms. The first kappa shape index (κ1) is 7.56. The molecule has 62 valence electrons. The molecule has 1 nitrogen and oxygen atoms in total. The normalized spacial score (nSPS) is 20.6. The van der Waals surface area contributed by atoms with Crippen LogP contribution in [-0.2, 0) is 6.54 Å². The molecule has 0 spiro atoms. The Bertz CT molecular complexity index is 315. The molecule has 1 N–H and O–H groups in total. The second-order valence-corrected chi connectivity index (χ2v) is 3.26. The molecule has 0 fully saturated rings. The molecule has 0 aromatic heterocycles. The quantitative estimate of drug-likeness (QED) is 0.663. The van der Waals surface area contributed by atoms with Crippen molar-refractivity contribution in [3.8, 4) is 0 Å². The van der Waals surface area contributed by atoms with Crippen molar-refractivity contribution in [3.63, 3.8) is 0 Å². The molecule has 1 unspecified atom stereocenters. The molecule has 0 aliphatic carbocycles. The summed E-state index contributed by atoms with van der Waals surface area (Å²) >= 11 is 0. The maximum atomic E-state index is 3.76. The Labute approximate surface area is 73.1 Å². The predicted octanol–water partition coefficient (Wildman–Crippen LogP) is 2.49. The summed E-state index contributed by atoms with van der Waals surface area (Å²) in [6, 6.07) is 7.03. The predicted molar refractivity (Wildman–Crippen MR) is 51.8 cm³/mol. The summed E-state index contributed by atoms with van der Waals surface area (Å²) in [7, 11) is 0. The minimum Gasteiger partial charge on any atom is -0.306 e. The summed E-state index contributed by atoms with van der Waals surface area (Å²) in [6.07, 6.45) is 1.89. The number of hydrogen-bond donors (Lipinski definition) is 1. The third-order valence-electron chi connectivity index (χ3n) is 2.47. The van der Waals surface area contributed by atoms with Crippen LogP contribution in [-0.4, -0.2) is 0 Å². The highest BCUT2D eigenvalue weighted by molar-refractivity contribution is 5.51. The first-order valence-electron chi connectivity index (χ1n) is 4.30. The van der Waals surface area contributed by atoms with Gasteiger partial charge in [0, 0.05) is 12.6 Å². The number of fused-ring (bicyclic) bond motifs is 1. The number of hydrogen-bond acceptors (Lipinski definition) is 1. The fraction of sp³-hybridized carbons (Fsp3) is 0.273. The lowest BCUT2D eigenvalue weighted by Gasteiger charge is -2.03. The van der Waals surface area contributed by atoms with Gasteiger partial charge in [0.1, 0.15) is 0 Å². The lowest BCUT2D eigenvalue weighted by molar-refractivity contribution is 0.633. The summed E-state index contributed by atoms with van der Waals surface area (Å²) in [5.74, 6) is 0. The van der Waals surface area contributed by atoms with E-state index in [9.17, 15) is 0 Å². The summed E-state index contributed by atoms with van der Waals surface area (Å²) in [4.78, 5) is 0. The molecule has 0 radical (unpaired) electrons. The molecule has 0 saturated carbocycles. The minimum absolute atomic E-state index is 0.513. The van der Waals surface area contributed by atoms with Crippen molar-refractivity contribution in [3.05, 3.63) is 41.5 Å². The molecule has 1 heterocycles. The van der Waals surface area contributed by atoms with E-state index in [0.29, 0.717) is 6.04 Å². The van der Waals surface area contributed by atoms with Crippen molar-refractivity contribution in [2.45, 2.75) is 19.5 Å². The van der Waals surface area contributed by atoms with E-state index in [-0.39, 0.29) is 0 Å². The topological polar surface area (TPSA) is 12.0 Å². The first-order chi connectivity index (χ1) is 5.81. The molecule has 1 aromatic rings. The molecule has 0 amide bonds. The van der Waals surface area contributed by atoms with Crippen molar-refractivity contribution in [1.29, 1.82) is 0 Å². The van der Waals surface area contributed by atoms with E-state index in [1.165, 1.54) is 16.7 Å². The average Bonchev–Trinajstić information content (AvgIpc) is 2.47. The summed E-state index contributed by atoms with van der Waals surface area (Å²) in [5, 5.41) is 3.40. The van der Waals surface area contributed by atoms with Crippen molar-refractivity contribution < 1.29 is 0 Å². The van der Waals surface area contributed by atoms with E-state index in [0.717, 1.165) is 6.54 Å². The van der Waals surface area contributed by atoms with Gasteiger partial charge in [0.15, 0.2) is 0 Å². The van der Waals surface area contributed by atoms with Gasteiger partial charge in [0.05, 0.1) is 0 Å². The molecule has 0 saturated heterocycles. The van der Waals surface area contributed by atoms with Crippen LogP contribution in [0.15, 0.2) is 24.8 Å². The molecule has 2 rings (SSSR count). The average molecular weight is 159 g/mol. The van der Waals surface area contributed by atoms with Crippen LogP contribution in [0.25, 0.3) is 6.08 Å². The zero-order valence-electron chi connectivity index (χ0n) is 7.30. The van der Waals surface area contributed by atoms with E-state index in [4.69, 9.17) is 0 Å². The van der Waals surface area contributed by atoms with Crippen LogP contribution in [0.3, 0.4) is 0 Å². The van der Waals surface area contributed by atoms with Crippen LogP contribution in [0.1, 0.15) is 29.7 Å². The number of rotatable bonds is 1. The SMILES string of the molecule is C=Cc1ccc2c(c1)CNC2C. The van der Waals surface area contributed by atoms with Gasteiger partial charge in [-0.05, 0) is 23.6 Å². The van der Waals surface area contributed by atoms with Gasteiger partial charge in [0.2, 0.25) is 0 Å². The fourth-order valence-corrected chi connectivity index (χ4v) is 1.70. The Balaban J connectivity index is 2.48. The van der Waals surface area contributed by atoms with Gasteiger partial charge in [-0.2, -0.15) is 0 Å². The smallest absolute Gasteiger partial charge is 0.0298 e. The van der Waals surface area contributed by atoms with E-state index < -0.39 is 0 Å². The standard InChI is InChI=1S/C11H13N/c1-3-9-4-5-11-8(2)12-7-10(11)6-9/h3-6,8,12H,1,7H2,2H3. The fourth-order valence-electron chi connectivity index (χ4n) is 1.70. The summed E-state index contributed by atoms with van der Waals surface area (Å²) in [5.41, 5.74) is 4.06. The first-order valence-corrected chi connectivity index (χ1v) is 4.30. The van der Waals surface area contributed by atoms with E-state index in [1.807, 2.05) is 6.08 Å². The van der Waals surface area contributed by atoms with Crippen LogP contribution >= 0.6 is 0 Å². The van der Waals surface area contributed by atoms with E-state index in [2.05, 4.69) is 37.0 Å². The molecule has 1 aromatic carbocycles. The van der Waals surface area contributed by atoms with Crippen molar-refractivity contribution in [1.82, 2.24) is 5.32 Å². The lowest BCUT2D eigenvalue weighted by atomic mass is 10.0. The third-order valence-corrected chi connectivity index (χ3v) is 2.47. The molecule has 1 aliphatic heterocycles. The Kier molecular flexibility index (Phi) is 1.74. The van der Waals surface area contributed by atoms with E-state index >= 15 is 0 Å². The monoisotopic (exact) mass is 159 g/mol. The van der Waals surface area contributed by atoms with Crippen molar-refractivity contribution in [2.24, 2.45) is 0 Å². The molecular formula is C11H13N. The van der Waals surface area contributed by atoms with Crippen molar-refractivity contribution >= 4 is 6.08 Å². The van der Waals surface area contributed by atoms with E-state index in [1.54, 1.807) is 0 Å². The molecule has 1 heteroatoms. The highest BCUT2D eigenvalue weighted by Crippen LogP contribution is 2.25. The zero-order chi connectivity index (χ0) is 8.55. The van der Waals surface area contributed by atoms with Crippen LogP contribution < -0.4 is 5.32 Å². The summed E-state index contributed by atoms with van der Waals surface area (Å²) < 4.78 is 0. The second-order valence-electron chi connectivity index (χ2n) is 3.26. The number of benzene rings is 1. The Morgan fingerprint density at radius 2 is 2.42 bits per heavy atom. The lowest BCUT2D eigenvalue weighted by Crippen LogP contribution is -2.06. The molecule has 1 atom stereocenters. The highest BCUT2D eigenvalue weighted by Gasteiger charge is 2.16. The second kappa shape index (κ2) is 2.76. The molecule has 1 aliphatic rings. The molecule has 0 bridgehead atoms. The highest BCUT2D eigenvalue weighted by atomic mass is 14.9. The van der Waals surface area contributed by atoms with Gasteiger partial charge in [-0.25, -0.2) is 0 Å². The van der Waals surface area contributed by atoms with Gasteiger partial charge in [0.25, 0.3) is 0 Å². The van der Waals surface area contributed by atoms with Gasteiger partial charge >= 0.3 is 0 Å². The Morgan fingerprint density at radius 3 is 3.17 bits per heavy atom. The van der Waals surface area contributed by atoms with Crippen LogP contribution in [0.5, 0.6) is 0 Å². The minimum atomic E-state index is 0.513. The van der Waals surface area contributed by atoms with Crippen LogP contribution in [0.4, 0.5) is 0 Å².